The summed E-state index contributed by atoms with van der Waals surface area (Å²) in [5.41, 5.74) is 3.51. The first kappa shape index (κ1) is 15.7. The van der Waals surface area contributed by atoms with Gasteiger partial charge in [0.2, 0.25) is 0 Å². The van der Waals surface area contributed by atoms with Crippen molar-refractivity contribution in [2.45, 2.75) is 39.9 Å². The maximum absolute atomic E-state index is 4.51. The molecule has 106 valence electrons. The van der Waals surface area contributed by atoms with Crippen molar-refractivity contribution in [3.63, 3.8) is 0 Å². The van der Waals surface area contributed by atoms with Crippen molar-refractivity contribution in [3.8, 4) is 0 Å². The molecule has 0 fully saturated rings. The standard InChI is InChI=1S/C13H21N5.ClH/c1-10(2)18-6-5-12(16-18)8-14-9-13-11(3)7-15-17(13)4;/h5-7,10,14H,8-9H2,1-4H3;1H. The number of aromatic nitrogens is 4. The van der Waals surface area contributed by atoms with E-state index in [1.807, 2.05) is 28.8 Å². The highest BCUT2D eigenvalue weighted by molar-refractivity contribution is 5.85. The van der Waals surface area contributed by atoms with Gasteiger partial charge in [0.15, 0.2) is 0 Å². The molecule has 5 nitrogen and oxygen atoms in total. The van der Waals surface area contributed by atoms with Crippen LogP contribution in [-0.4, -0.2) is 19.6 Å². The van der Waals surface area contributed by atoms with Crippen molar-refractivity contribution in [1.29, 1.82) is 0 Å². The Morgan fingerprint density at radius 3 is 2.58 bits per heavy atom. The Morgan fingerprint density at radius 2 is 2.05 bits per heavy atom. The van der Waals surface area contributed by atoms with E-state index in [1.54, 1.807) is 0 Å². The number of halogens is 1. The third-order valence-electron chi connectivity index (χ3n) is 3.06. The lowest BCUT2D eigenvalue weighted by atomic mass is 10.2. The van der Waals surface area contributed by atoms with E-state index in [9.17, 15) is 0 Å². The average Bonchev–Trinajstić information content (AvgIpc) is 2.90. The summed E-state index contributed by atoms with van der Waals surface area (Å²) in [6, 6.07) is 2.47. The van der Waals surface area contributed by atoms with Crippen LogP contribution in [0.1, 0.15) is 36.8 Å². The summed E-state index contributed by atoms with van der Waals surface area (Å²) in [6.07, 6.45) is 3.92. The maximum Gasteiger partial charge on any atom is 0.0762 e. The van der Waals surface area contributed by atoms with Gasteiger partial charge < -0.3 is 5.32 Å². The number of nitrogens with zero attached hydrogens (tertiary/aromatic N) is 4. The van der Waals surface area contributed by atoms with Crippen LogP contribution in [0.15, 0.2) is 18.5 Å². The molecule has 0 amide bonds. The zero-order valence-corrected chi connectivity index (χ0v) is 12.7. The SMILES string of the molecule is Cc1cnn(C)c1CNCc1ccn(C(C)C)n1.Cl. The first-order valence-corrected chi connectivity index (χ1v) is 6.30. The van der Waals surface area contributed by atoms with Crippen LogP contribution >= 0.6 is 12.4 Å². The Morgan fingerprint density at radius 1 is 1.32 bits per heavy atom. The van der Waals surface area contributed by atoms with Gasteiger partial charge in [-0.25, -0.2) is 0 Å². The highest BCUT2D eigenvalue weighted by Gasteiger charge is 2.05. The summed E-state index contributed by atoms with van der Waals surface area (Å²) in [7, 11) is 1.97. The zero-order chi connectivity index (χ0) is 13.1. The predicted molar refractivity (Wildman–Crippen MR) is 78.3 cm³/mol. The summed E-state index contributed by atoms with van der Waals surface area (Å²) in [5, 5.41) is 12.1. The van der Waals surface area contributed by atoms with E-state index < -0.39 is 0 Å². The Bertz CT molecular complexity index is 495. The molecule has 0 radical (unpaired) electrons. The second-order valence-corrected chi connectivity index (χ2v) is 4.88. The molecular formula is C13H22ClN5. The summed E-state index contributed by atoms with van der Waals surface area (Å²) in [5.74, 6) is 0. The second kappa shape index (κ2) is 6.73. The highest BCUT2D eigenvalue weighted by atomic mass is 35.5. The van der Waals surface area contributed by atoms with Crippen molar-refractivity contribution in [2.75, 3.05) is 0 Å². The van der Waals surface area contributed by atoms with Crippen LogP contribution < -0.4 is 5.32 Å². The van der Waals surface area contributed by atoms with E-state index in [2.05, 4.69) is 42.4 Å². The van der Waals surface area contributed by atoms with Crippen LogP contribution in [0.25, 0.3) is 0 Å². The van der Waals surface area contributed by atoms with Gasteiger partial charge in [-0.3, -0.25) is 9.36 Å². The Hall–Kier alpha value is -1.33. The Balaban J connectivity index is 0.00000180. The lowest BCUT2D eigenvalue weighted by Gasteiger charge is -2.06. The number of hydrogen-bond acceptors (Lipinski definition) is 3. The van der Waals surface area contributed by atoms with E-state index in [4.69, 9.17) is 0 Å². The normalized spacial score (nSPS) is 10.8. The molecule has 0 aliphatic heterocycles. The van der Waals surface area contributed by atoms with Gasteiger partial charge in [0.25, 0.3) is 0 Å². The van der Waals surface area contributed by atoms with Crippen molar-refractivity contribution < 1.29 is 0 Å². The van der Waals surface area contributed by atoms with E-state index >= 15 is 0 Å². The molecule has 0 unspecified atom stereocenters. The number of rotatable bonds is 5. The Kier molecular flexibility index (Phi) is 5.57. The molecule has 2 heterocycles. The summed E-state index contributed by atoms with van der Waals surface area (Å²) >= 11 is 0. The van der Waals surface area contributed by atoms with Crippen molar-refractivity contribution in [1.82, 2.24) is 24.9 Å². The monoisotopic (exact) mass is 283 g/mol. The lowest BCUT2D eigenvalue weighted by Crippen LogP contribution is -2.16. The first-order chi connectivity index (χ1) is 8.58. The average molecular weight is 284 g/mol. The van der Waals surface area contributed by atoms with E-state index in [0.717, 1.165) is 18.8 Å². The summed E-state index contributed by atoms with van der Waals surface area (Å²) in [6.45, 7) is 7.94. The highest BCUT2D eigenvalue weighted by Crippen LogP contribution is 2.06. The molecule has 2 rings (SSSR count). The van der Waals surface area contributed by atoms with Gasteiger partial charge in [0.1, 0.15) is 0 Å². The molecule has 2 aromatic heterocycles. The molecule has 0 aromatic carbocycles. The fraction of sp³-hybridized carbons (Fsp3) is 0.538. The molecule has 0 saturated carbocycles. The fourth-order valence-electron chi connectivity index (χ4n) is 1.89. The van der Waals surface area contributed by atoms with E-state index in [1.165, 1.54) is 11.3 Å². The third kappa shape index (κ3) is 3.81. The van der Waals surface area contributed by atoms with Crippen LogP contribution in [0.3, 0.4) is 0 Å². The second-order valence-electron chi connectivity index (χ2n) is 4.88. The Labute approximate surface area is 120 Å². The molecule has 0 aliphatic carbocycles. The van der Waals surface area contributed by atoms with Crippen LogP contribution in [0, 0.1) is 6.92 Å². The quantitative estimate of drug-likeness (QED) is 0.915. The minimum absolute atomic E-state index is 0. The van der Waals surface area contributed by atoms with Gasteiger partial charge in [0, 0.05) is 32.4 Å². The molecule has 0 spiro atoms. The lowest BCUT2D eigenvalue weighted by molar-refractivity contribution is 0.520. The topological polar surface area (TPSA) is 47.7 Å². The molecule has 0 atom stereocenters. The van der Waals surface area contributed by atoms with Gasteiger partial charge in [-0.1, -0.05) is 0 Å². The van der Waals surface area contributed by atoms with Gasteiger partial charge in [-0.2, -0.15) is 10.2 Å². The summed E-state index contributed by atoms with van der Waals surface area (Å²) < 4.78 is 3.89. The van der Waals surface area contributed by atoms with Crippen LogP contribution in [0.5, 0.6) is 0 Å². The van der Waals surface area contributed by atoms with Gasteiger partial charge in [-0.15, -0.1) is 12.4 Å². The van der Waals surface area contributed by atoms with E-state index in [-0.39, 0.29) is 12.4 Å². The number of hydrogen-bond donors (Lipinski definition) is 1. The third-order valence-corrected chi connectivity index (χ3v) is 3.06. The van der Waals surface area contributed by atoms with Crippen molar-refractivity contribution >= 4 is 12.4 Å². The van der Waals surface area contributed by atoms with Gasteiger partial charge in [-0.05, 0) is 32.4 Å². The molecule has 0 saturated heterocycles. The maximum atomic E-state index is 4.51. The van der Waals surface area contributed by atoms with Crippen molar-refractivity contribution in [3.05, 3.63) is 35.4 Å². The van der Waals surface area contributed by atoms with Crippen LogP contribution in [0.2, 0.25) is 0 Å². The van der Waals surface area contributed by atoms with Gasteiger partial charge in [0.05, 0.1) is 17.6 Å². The van der Waals surface area contributed by atoms with Gasteiger partial charge >= 0.3 is 0 Å². The molecule has 6 heteroatoms. The molecule has 19 heavy (non-hydrogen) atoms. The summed E-state index contributed by atoms with van der Waals surface area (Å²) in [4.78, 5) is 0. The molecule has 2 aromatic rings. The van der Waals surface area contributed by atoms with E-state index in [0.29, 0.717) is 6.04 Å². The van der Waals surface area contributed by atoms with Crippen LogP contribution in [0.4, 0.5) is 0 Å². The largest absolute Gasteiger partial charge is 0.305 e. The van der Waals surface area contributed by atoms with Crippen LogP contribution in [-0.2, 0) is 20.1 Å². The predicted octanol–water partition coefficient (Wildman–Crippen LogP) is 2.22. The molecule has 1 N–H and O–H groups in total. The first-order valence-electron chi connectivity index (χ1n) is 6.30. The van der Waals surface area contributed by atoms with Crippen molar-refractivity contribution in [2.24, 2.45) is 7.05 Å². The minimum Gasteiger partial charge on any atom is -0.305 e. The fourth-order valence-corrected chi connectivity index (χ4v) is 1.89. The minimum atomic E-state index is 0. The zero-order valence-electron chi connectivity index (χ0n) is 11.9. The number of aryl methyl sites for hydroxylation is 2. The molecule has 0 bridgehead atoms. The smallest absolute Gasteiger partial charge is 0.0762 e. The molecule has 0 aliphatic rings. The molecular weight excluding hydrogens is 262 g/mol. The number of nitrogens with one attached hydrogen (secondary N) is 1.